The summed E-state index contributed by atoms with van der Waals surface area (Å²) in [5.41, 5.74) is 6.24. The summed E-state index contributed by atoms with van der Waals surface area (Å²) in [7, 11) is 3.98. The Morgan fingerprint density at radius 1 is 1.10 bits per heavy atom. The van der Waals surface area contributed by atoms with Crippen LogP contribution in [0.15, 0.2) is 63.9 Å². The fraction of sp³-hybridized carbons (Fsp3) is 0.158. The molecule has 0 fully saturated rings. The van der Waals surface area contributed by atoms with Crippen LogP contribution in [0, 0.1) is 17.0 Å². The SMILES string of the molecule is Cc1nc(N/N=C/c2ccc(N(C)C)cc2)sc1N=Nc1ccc([N+](=O)[O-])cc1. The van der Waals surface area contributed by atoms with E-state index >= 15 is 0 Å². The summed E-state index contributed by atoms with van der Waals surface area (Å²) in [6.45, 7) is 1.83. The molecule has 10 heteroatoms. The lowest BCUT2D eigenvalue weighted by Gasteiger charge is -2.11. The first-order valence-electron chi connectivity index (χ1n) is 8.62. The highest BCUT2D eigenvalue weighted by Crippen LogP contribution is 2.32. The number of benzene rings is 2. The molecule has 0 amide bonds. The van der Waals surface area contributed by atoms with Crippen molar-refractivity contribution in [3.63, 3.8) is 0 Å². The highest BCUT2D eigenvalue weighted by atomic mass is 32.1. The molecule has 0 spiro atoms. The van der Waals surface area contributed by atoms with Crippen LogP contribution >= 0.6 is 11.3 Å². The van der Waals surface area contributed by atoms with Crippen LogP contribution < -0.4 is 10.3 Å². The fourth-order valence-electron chi connectivity index (χ4n) is 2.29. The zero-order valence-electron chi connectivity index (χ0n) is 16.1. The van der Waals surface area contributed by atoms with Crippen LogP contribution in [0.4, 0.5) is 27.2 Å². The van der Waals surface area contributed by atoms with E-state index in [1.54, 1.807) is 18.3 Å². The topological polar surface area (TPSA) is 108 Å². The fourth-order valence-corrected chi connectivity index (χ4v) is 3.03. The average molecular weight is 409 g/mol. The third kappa shape index (κ3) is 5.42. The molecule has 0 atom stereocenters. The Morgan fingerprint density at radius 2 is 1.79 bits per heavy atom. The summed E-state index contributed by atoms with van der Waals surface area (Å²) < 4.78 is 0. The number of azo groups is 1. The lowest BCUT2D eigenvalue weighted by atomic mass is 10.2. The van der Waals surface area contributed by atoms with Crippen LogP contribution in [0.1, 0.15) is 11.3 Å². The minimum absolute atomic E-state index is 0.0126. The zero-order chi connectivity index (χ0) is 20.8. The molecule has 9 nitrogen and oxygen atoms in total. The van der Waals surface area contributed by atoms with Gasteiger partial charge in [-0.1, -0.05) is 23.5 Å². The van der Waals surface area contributed by atoms with Crippen molar-refractivity contribution in [3.8, 4) is 0 Å². The van der Waals surface area contributed by atoms with E-state index in [-0.39, 0.29) is 5.69 Å². The second-order valence-electron chi connectivity index (χ2n) is 6.24. The quantitative estimate of drug-likeness (QED) is 0.247. The van der Waals surface area contributed by atoms with Crippen LogP contribution in [0.25, 0.3) is 0 Å². The van der Waals surface area contributed by atoms with Gasteiger partial charge in [0.15, 0.2) is 5.00 Å². The maximum atomic E-state index is 10.7. The number of hydrogen-bond acceptors (Lipinski definition) is 9. The van der Waals surface area contributed by atoms with Crippen molar-refractivity contribution in [1.82, 2.24) is 4.98 Å². The number of aromatic nitrogens is 1. The van der Waals surface area contributed by atoms with Crippen LogP contribution in [0.2, 0.25) is 0 Å². The van der Waals surface area contributed by atoms with Crippen LogP contribution in [0.5, 0.6) is 0 Å². The van der Waals surface area contributed by atoms with Crippen molar-refractivity contribution in [2.75, 3.05) is 24.4 Å². The highest BCUT2D eigenvalue weighted by molar-refractivity contribution is 7.19. The van der Waals surface area contributed by atoms with Crippen molar-refractivity contribution >= 4 is 44.7 Å². The Bertz CT molecular complexity index is 1040. The molecular weight excluding hydrogens is 390 g/mol. The molecule has 1 aromatic heterocycles. The second kappa shape index (κ2) is 9.02. The van der Waals surface area contributed by atoms with Gasteiger partial charge in [0.1, 0.15) is 0 Å². The molecule has 0 aliphatic carbocycles. The number of nitrogens with zero attached hydrogens (tertiary/aromatic N) is 6. The van der Waals surface area contributed by atoms with Gasteiger partial charge in [-0.25, -0.2) is 4.98 Å². The van der Waals surface area contributed by atoms with E-state index in [9.17, 15) is 10.1 Å². The molecule has 2 aromatic carbocycles. The van der Waals surface area contributed by atoms with Crippen LogP contribution in [-0.2, 0) is 0 Å². The average Bonchev–Trinajstić information content (AvgIpc) is 3.06. The molecule has 148 valence electrons. The summed E-state index contributed by atoms with van der Waals surface area (Å²) in [5, 5.41) is 24.4. The molecule has 1 heterocycles. The Morgan fingerprint density at radius 3 is 2.41 bits per heavy atom. The highest BCUT2D eigenvalue weighted by Gasteiger charge is 2.07. The molecule has 29 heavy (non-hydrogen) atoms. The molecule has 0 aliphatic heterocycles. The number of rotatable bonds is 7. The van der Waals surface area contributed by atoms with E-state index in [0.717, 1.165) is 11.3 Å². The van der Waals surface area contributed by atoms with E-state index in [2.05, 4.69) is 25.7 Å². The first-order chi connectivity index (χ1) is 13.9. The number of nitrogens with one attached hydrogen (secondary N) is 1. The molecule has 0 radical (unpaired) electrons. The van der Waals surface area contributed by atoms with E-state index in [0.29, 0.717) is 21.5 Å². The van der Waals surface area contributed by atoms with E-state index < -0.39 is 4.92 Å². The van der Waals surface area contributed by atoms with Gasteiger partial charge in [-0.3, -0.25) is 15.5 Å². The summed E-state index contributed by atoms with van der Waals surface area (Å²) in [4.78, 5) is 16.6. The van der Waals surface area contributed by atoms with Gasteiger partial charge in [0.2, 0.25) is 5.13 Å². The van der Waals surface area contributed by atoms with Crippen molar-refractivity contribution in [2.45, 2.75) is 6.92 Å². The Hall–Kier alpha value is -3.66. The summed E-state index contributed by atoms with van der Waals surface area (Å²) in [6.07, 6.45) is 1.72. The van der Waals surface area contributed by atoms with Crippen molar-refractivity contribution < 1.29 is 4.92 Å². The van der Waals surface area contributed by atoms with Crippen LogP contribution in [-0.4, -0.2) is 30.2 Å². The normalized spacial score (nSPS) is 11.3. The van der Waals surface area contributed by atoms with Crippen molar-refractivity contribution in [3.05, 3.63) is 69.9 Å². The number of nitro groups is 1. The third-order valence-corrected chi connectivity index (χ3v) is 4.82. The van der Waals surface area contributed by atoms with E-state index in [1.807, 2.05) is 50.2 Å². The van der Waals surface area contributed by atoms with Gasteiger partial charge in [0.25, 0.3) is 5.69 Å². The Labute approximate surface area is 171 Å². The zero-order valence-corrected chi connectivity index (χ0v) is 16.9. The summed E-state index contributed by atoms with van der Waals surface area (Å²) >= 11 is 1.32. The standard InChI is InChI=1S/C19H19N7O2S/c1-13-18(23-22-15-6-10-17(11-7-15)26(27)28)29-19(21-13)24-20-12-14-4-8-16(9-5-14)25(2)3/h4-12H,1-3H3,(H,21,24)/b20-12+,23-22?. The predicted molar refractivity (Wildman–Crippen MR) is 116 cm³/mol. The molecule has 1 N–H and O–H groups in total. The largest absolute Gasteiger partial charge is 0.378 e. The number of hydrazone groups is 1. The molecule has 0 saturated carbocycles. The third-order valence-electron chi connectivity index (χ3n) is 3.87. The lowest BCUT2D eigenvalue weighted by molar-refractivity contribution is -0.384. The molecular formula is C19H19N7O2S. The smallest absolute Gasteiger partial charge is 0.269 e. The van der Waals surface area contributed by atoms with Gasteiger partial charge in [0, 0.05) is 31.9 Å². The van der Waals surface area contributed by atoms with Gasteiger partial charge < -0.3 is 4.90 Å². The monoisotopic (exact) mass is 409 g/mol. The van der Waals surface area contributed by atoms with Gasteiger partial charge in [-0.05, 0) is 36.8 Å². The molecule has 0 bridgehead atoms. The maximum absolute atomic E-state index is 10.7. The van der Waals surface area contributed by atoms with Crippen molar-refractivity contribution in [1.29, 1.82) is 0 Å². The molecule has 0 aliphatic rings. The number of non-ortho nitro benzene ring substituents is 1. The number of aryl methyl sites for hydroxylation is 1. The number of nitro benzene ring substituents is 1. The molecule has 3 rings (SSSR count). The van der Waals surface area contributed by atoms with E-state index in [4.69, 9.17) is 0 Å². The van der Waals surface area contributed by atoms with Crippen molar-refractivity contribution in [2.24, 2.45) is 15.3 Å². The minimum Gasteiger partial charge on any atom is -0.378 e. The molecule has 0 unspecified atom stereocenters. The maximum Gasteiger partial charge on any atom is 0.269 e. The lowest BCUT2D eigenvalue weighted by Crippen LogP contribution is -2.08. The number of thiazole rings is 1. The Balaban J connectivity index is 1.62. The first kappa shape index (κ1) is 20.1. The predicted octanol–water partition coefficient (Wildman–Crippen LogP) is 5.29. The van der Waals surface area contributed by atoms with Gasteiger partial charge in [0.05, 0.1) is 22.5 Å². The number of anilines is 2. The van der Waals surface area contributed by atoms with Crippen LogP contribution in [0.3, 0.4) is 0 Å². The summed E-state index contributed by atoms with van der Waals surface area (Å²) in [6, 6.07) is 13.9. The van der Waals surface area contributed by atoms with Gasteiger partial charge in [-0.15, -0.1) is 10.2 Å². The minimum atomic E-state index is -0.455. The van der Waals surface area contributed by atoms with Gasteiger partial charge in [-0.2, -0.15) is 5.10 Å². The summed E-state index contributed by atoms with van der Waals surface area (Å²) in [5.74, 6) is 0. The Kier molecular flexibility index (Phi) is 6.25. The second-order valence-corrected chi connectivity index (χ2v) is 7.22. The molecule has 3 aromatic rings. The molecule has 0 saturated heterocycles. The van der Waals surface area contributed by atoms with E-state index in [1.165, 1.54) is 23.5 Å². The first-order valence-corrected chi connectivity index (χ1v) is 9.44. The number of hydrogen-bond donors (Lipinski definition) is 1. The van der Waals surface area contributed by atoms with Gasteiger partial charge >= 0.3 is 0 Å².